The van der Waals surface area contributed by atoms with Gasteiger partial charge in [-0.15, -0.1) is 0 Å². The van der Waals surface area contributed by atoms with E-state index in [-0.39, 0.29) is 11.0 Å². The molecule has 1 N–H and O–H groups in total. The monoisotopic (exact) mass is 425 g/mol. The molecule has 4 saturated carbocycles. The molecule has 0 aromatic heterocycles. The highest BCUT2D eigenvalue weighted by atomic mass is 16.1. The van der Waals surface area contributed by atoms with Gasteiger partial charge in [0.25, 0.3) is 0 Å². The third-order valence-electron chi connectivity index (χ3n) is 12.7. The van der Waals surface area contributed by atoms with Gasteiger partial charge in [-0.1, -0.05) is 32.9 Å². The van der Waals surface area contributed by atoms with Crippen LogP contribution in [-0.4, -0.2) is 18.4 Å². The van der Waals surface area contributed by atoms with Crippen molar-refractivity contribution < 1.29 is 4.79 Å². The highest BCUT2D eigenvalue weighted by Gasteiger charge is 2.70. The van der Waals surface area contributed by atoms with E-state index >= 15 is 0 Å². The predicted octanol–water partition coefficient (Wildman–Crippen LogP) is 6.79. The van der Waals surface area contributed by atoms with Gasteiger partial charge in [-0.05, 0) is 131 Å². The fourth-order valence-corrected chi connectivity index (χ4v) is 11.1. The molecule has 0 spiro atoms. The van der Waals surface area contributed by atoms with E-state index in [1.54, 1.807) is 0 Å². The molecule has 0 aromatic rings. The first kappa shape index (κ1) is 22.2. The second-order valence-electron chi connectivity index (χ2n) is 13.9. The normalized spacial score (nSPS) is 55.4. The van der Waals surface area contributed by atoms with Crippen LogP contribution in [0, 0.1) is 51.2 Å². The van der Waals surface area contributed by atoms with E-state index in [1.807, 2.05) is 0 Å². The quantitative estimate of drug-likeness (QED) is 0.389. The van der Waals surface area contributed by atoms with Crippen molar-refractivity contribution in [1.29, 1.82) is 0 Å². The van der Waals surface area contributed by atoms with Gasteiger partial charge in [0.2, 0.25) is 0 Å². The topological polar surface area (TPSA) is 29.1 Å². The molecule has 0 bridgehead atoms. The molecule has 5 fully saturated rings. The summed E-state index contributed by atoms with van der Waals surface area (Å²) in [6.07, 6.45) is 12.8. The van der Waals surface area contributed by atoms with Crippen LogP contribution >= 0.6 is 0 Å². The summed E-state index contributed by atoms with van der Waals surface area (Å²) in [5.41, 5.74) is 2.72. The summed E-state index contributed by atoms with van der Waals surface area (Å²) in [5.74, 6) is 3.37. The second kappa shape index (κ2) is 6.71. The lowest BCUT2D eigenvalue weighted by Crippen LogP contribution is -2.69. The van der Waals surface area contributed by atoms with E-state index in [1.165, 1.54) is 63.3 Å². The molecular formula is C29H47NO. The summed E-state index contributed by atoms with van der Waals surface area (Å²) in [6.45, 7) is 20.8. The number of rotatable bonds is 2. The van der Waals surface area contributed by atoms with Crippen molar-refractivity contribution >= 4 is 6.29 Å². The first-order chi connectivity index (χ1) is 14.5. The van der Waals surface area contributed by atoms with Gasteiger partial charge in [0.05, 0.1) is 0 Å². The Morgan fingerprint density at radius 3 is 2.29 bits per heavy atom. The lowest BCUT2D eigenvalue weighted by atomic mass is 9.33. The SMILES string of the molecule is C=C(C)[C@@H]1CC[C@]2(C=O)CC[C@]3(C)[C@H](CC[C@@H]4[C@@]5(C)CCNC(C)(C)C5CC[C@]43C)[C@@H]12. The minimum atomic E-state index is -0.0607. The molecule has 5 aliphatic rings. The van der Waals surface area contributed by atoms with Crippen LogP contribution in [0.5, 0.6) is 0 Å². The van der Waals surface area contributed by atoms with E-state index in [4.69, 9.17) is 0 Å². The third kappa shape index (κ3) is 2.64. The number of hydrogen-bond donors (Lipinski definition) is 1. The Morgan fingerprint density at radius 2 is 1.61 bits per heavy atom. The number of carbonyl (C=O) groups excluding carboxylic acids is 1. The minimum absolute atomic E-state index is 0.0607. The van der Waals surface area contributed by atoms with Crippen LogP contribution in [-0.2, 0) is 4.79 Å². The molecule has 4 aliphatic carbocycles. The van der Waals surface area contributed by atoms with Gasteiger partial charge in [0.15, 0.2) is 0 Å². The van der Waals surface area contributed by atoms with Crippen LogP contribution in [0.15, 0.2) is 12.2 Å². The fraction of sp³-hybridized carbons (Fsp3) is 0.897. The van der Waals surface area contributed by atoms with Gasteiger partial charge < -0.3 is 10.1 Å². The number of nitrogens with one attached hydrogen (secondary N) is 1. The van der Waals surface area contributed by atoms with Gasteiger partial charge in [-0.3, -0.25) is 0 Å². The maximum absolute atomic E-state index is 12.5. The minimum Gasteiger partial charge on any atom is -0.311 e. The zero-order valence-corrected chi connectivity index (χ0v) is 21.2. The summed E-state index contributed by atoms with van der Waals surface area (Å²) in [4.78, 5) is 12.5. The summed E-state index contributed by atoms with van der Waals surface area (Å²) < 4.78 is 0. The van der Waals surface area contributed by atoms with Crippen molar-refractivity contribution in [3.8, 4) is 0 Å². The van der Waals surface area contributed by atoms with Gasteiger partial charge in [0, 0.05) is 11.0 Å². The van der Waals surface area contributed by atoms with Gasteiger partial charge in [-0.2, -0.15) is 0 Å². The van der Waals surface area contributed by atoms with Crippen molar-refractivity contribution in [2.45, 2.75) is 105 Å². The van der Waals surface area contributed by atoms with Crippen molar-refractivity contribution in [2.24, 2.45) is 51.2 Å². The average molecular weight is 426 g/mol. The Hall–Kier alpha value is -0.630. The number of hydrogen-bond acceptors (Lipinski definition) is 2. The Morgan fingerprint density at radius 1 is 0.871 bits per heavy atom. The molecule has 2 heteroatoms. The summed E-state index contributed by atoms with van der Waals surface area (Å²) in [6, 6.07) is 0. The summed E-state index contributed by atoms with van der Waals surface area (Å²) in [5, 5.41) is 3.87. The number of aldehydes is 1. The van der Waals surface area contributed by atoms with E-state index < -0.39 is 0 Å². The smallest absolute Gasteiger partial charge is 0.126 e. The average Bonchev–Trinajstić information content (AvgIpc) is 3.08. The Balaban J connectivity index is 1.56. The zero-order chi connectivity index (χ0) is 22.4. The van der Waals surface area contributed by atoms with Crippen LogP contribution in [0.2, 0.25) is 0 Å². The fourth-order valence-electron chi connectivity index (χ4n) is 11.1. The first-order valence-electron chi connectivity index (χ1n) is 13.3. The first-order valence-corrected chi connectivity index (χ1v) is 13.3. The van der Waals surface area contributed by atoms with Crippen molar-refractivity contribution in [3.05, 3.63) is 12.2 Å². The molecule has 9 atom stereocenters. The molecule has 0 amide bonds. The molecule has 174 valence electrons. The maximum atomic E-state index is 12.5. The molecule has 2 nitrogen and oxygen atoms in total. The van der Waals surface area contributed by atoms with Crippen LogP contribution in [0.3, 0.4) is 0 Å². The van der Waals surface area contributed by atoms with Crippen LogP contribution in [0.1, 0.15) is 99.3 Å². The third-order valence-corrected chi connectivity index (χ3v) is 12.7. The van der Waals surface area contributed by atoms with Gasteiger partial charge in [0.1, 0.15) is 6.29 Å². The van der Waals surface area contributed by atoms with Crippen molar-refractivity contribution in [2.75, 3.05) is 6.54 Å². The van der Waals surface area contributed by atoms with E-state index in [0.717, 1.165) is 24.7 Å². The van der Waals surface area contributed by atoms with E-state index in [9.17, 15) is 4.79 Å². The van der Waals surface area contributed by atoms with Crippen molar-refractivity contribution in [1.82, 2.24) is 5.32 Å². The molecule has 31 heavy (non-hydrogen) atoms. The molecule has 1 aliphatic heterocycles. The summed E-state index contributed by atoms with van der Waals surface area (Å²) >= 11 is 0. The maximum Gasteiger partial charge on any atom is 0.126 e. The van der Waals surface area contributed by atoms with Gasteiger partial charge in [-0.25, -0.2) is 0 Å². The molecule has 1 unspecified atom stereocenters. The molecule has 5 rings (SSSR count). The Bertz CT molecular complexity index is 786. The van der Waals surface area contributed by atoms with E-state index in [2.05, 4.69) is 53.4 Å². The zero-order valence-electron chi connectivity index (χ0n) is 21.2. The van der Waals surface area contributed by atoms with Crippen LogP contribution < -0.4 is 5.32 Å². The Kier molecular flexibility index (Phi) is 4.80. The molecule has 0 aromatic carbocycles. The standard InChI is InChI=1S/C29H47NO/c1-19(2)20-10-13-29(18-31)15-14-27(6)21(24(20)29)8-9-23-26(5)16-17-30-25(3,4)22(26)11-12-28(23,27)7/h18,20-24,30H,1,8-17H2,2-7H3/t20-,21+,22?,23+,24+,26-,27+,28+,29+/m0/s1. The van der Waals surface area contributed by atoms with Crippen LogP contribution in [0.4, 0.5) is 0 Å². The second-order valence-corrected chi connectivity index (χ2v) is 13.9. The predicted molar refractivity (Wildman–Crippen MR) is 129 cm³/mol. The molecule has 1 heterocycles. The van der Waals surface area contributed by atoms with Crippen LogP contribution in [0.25, 0.3) is 0 Å². The van der Waals surface area contributed by atoms with Gasteiger partial charge >= 0.3 is 0 Å². The molecule has 0 radical (unpaired) electrons. The lowest BCUT2D eigenvalue weighted by Gasteiger charge is -2.72. The number of carbonyl (C=O) groups is 1. The number of piperidine rings is 1. The van der Waals surface area contributed by atoms with E-state index in [0.29, 0.717) is 34.0 Å². The Labute approximate surface area is 191 Å². The highest BCUT2D eigenvalue weighted by Crippen LogP contribution is 2.76. The lowest BCUT2D eigenvalue weighted by molar-refractivity contribution is -0.227. The largest absolute Gasteiger partial charge is 0.311 e. The van der Waals surface area contributed by atoms with Crippen molar-refractivity contribution in [3.63, 3.8) is 0 Å². The highest BCUT2D eigenvalue weighted by molar-refractivity contribution is 5.62. The number of allylic oxidation sites excluding steroid dienone is 1. The molecule has 1 saturated heterocycles. The number of fused-ring (bicyclic) bond motifs is 7. The molecular weight excluding hydrogens is 378 g/mol. The summed E-state index contributed by atoms with van der Waals surface area (Å²) in [7, 11) is 0.